The minimum atomic E-state index is -3.71. The maximum Gasteiger partial charge on any atom is 0.264 e. The summed E-state index contributed by atoms with van der Waals surface area (Å²) in [6.07, 6.45) is 3.47. The fourth-order valence-corrected chi connectivity index (χ4v) is 5.55. The maximum atomic E-state index is 13.3. The van der Waals surface area contributed by atoms with Gasteiger partial charge in [0.2, 0.25) is 0 Å². The molecule has 0 saturated heterocycles. The molecular formula is C27H30N2O5S. The van der Waals surface area contributed by atoms with Crippen LogP contribution in [0.4, 0.5) is 11.4 Å². The van der Waals surface area contributed by atoms with Gasteiger partial charge in [0.1, 0.15) is 11.5 Å². The standard InChI is InChI=1S/C27H30N2O5S/c1-3-4-18-34-24-10-7-20(8-11-24)27(30)28-22-9-16-26-21(19-22)6-5-17-29(26)35(31,32)25-14-12-23(33-2)13-15-25/h7-16,19H,3-6,17-18H2,1-2H3,(H,28,30). The van der Waals surface area contributed by atoms with Crippen LogP contribution >= 0.6 is 0 Å². The molecule has 0 saturated carbocycles. The van der Waals surface area contributed by atoms with Crippen molar-refractivity contribution in [1.29, 1.82) is 0 Å². The van der Waals surface area contributed by atoms with Crippen molar-refractivity contribution in [2.24, 2.45) is 0 Å². The predicted octanol–water partition coefficient (Wildman–Crippen LogP) is 5.27. The minimum absolute atomic E-state index is 0.214. The smallest absolute Gasteiger partial charge is 0.264 e. The molecule has 0 aliphatic carbocycles. The van der Waals surface area contributed by atoms with Gasteiger partial charge in [-0.2, -0.15) is 0 Å². The second-order valence-electron chi connectivity index (χ2n) is 8.38. The Labute approximate surface area is 206 Å². The van der Waals surface area contributed by atoms with Crippen LogP contribution in [0.5, 0.6) is 11.5 Å². The lowest BCUT2D eigenvalue weighted by Gasteiger charge is -2.31. The molecule has 1 aliphatic rings. The first-order valence-electron chi connectivity index (χ1n) is 11.8. The zero-order valence-corrected chi connectivity index (χ0v) is 20.8. The quantitative estimate of drug-likeness (QED) is 0.410. The van der Waals surface area contributed by atoms with Crippen molar-refractivity contribution in [3.63, 3.8) is 0 Å². The number of carbonyl (C=O) groups excluding carboxylic acids is 1. The molecule has 3 aromatic carbocycles. The van der Waals surface area contributed by atoms with Gasteiger partial charge in [-0.25, -0.2) is 8.42 Å². The topological polar surface area (TPSA) is 84.9 Å². The van der Waals surface area contributed by atoms with Crippen molar-refractivity contribution in [3.8, 4) is 11.5 Å². The average molecular weight is 495 g/mol. The highest BCUT2D eigenvalue weighted by atomic mass is 32.2. The van der Waals surface area contributed by atoms with Crippen molar-refractivity contribution in [1.82, 2.24) is 0 Å². The van der Waals surface area contributed by atoms with E-state index in [1.807, 2.05) is 6.07 Å². The fraction of sp³-hybridized carbons (Fsp3) is 0.296. The first-order valence-corrected chi connectivity index (χ1v) is 13.2. The first kappa shape index (κ1) is 24.6. The molecule has 1 aliphatic heterocycles. The number of unbranched alkanes of at least 4 members (excludes halogenated alkanes) is 1. The van der Waals surface area contributed by atoms with E-state index in [2.05, 4.69) is 12.2 Å². The van der Waals surface area contributed by atoms with Crippen LogP contribution in [0, 0.1) is 0 Å². The number of amides is 1. The lowest BCUT2D eigenvalue weighted by Crippen LogP contribution is -2.35. The Balaban J connectivity index is 1.49. The number of benzene rings is 3. The maximum absolute atomic E-state index is 13.3. The summed E-state index contributed by atoms with van der Waals surface area (Å²) in [7, 11) is -2.17. The van der Waals surface area contributed by atoms with E-state index in [9.17, 15) is 13.2 Å². The monoisotopic (exact) mass is 494 g/mol. The number of nitrogens with one attached hydrogen (secondary N) is 1. The summed E-state index contributed by atoms with van der Waals surface area (Å²) in [6, 6.07) is 18.8. The van der Waals surface area contributed by atoms with Gasteiger partial charge in [0, 0.05) is 17.8 Å². The molecule has 3 aromatic rings. The highest BCUT2D eigenvalue weighted by molar-refractivity contribution is 7.92. The molecule has 7 nitrogen and oxygen atoms in total. The number of methoxy groups -OCH3 is 1. The van der Waals surface area contributed by atoms with E-state index >= 15 is 0 Å². The van der Waals surface area contributed by atoms with Gasteiger partial charge in [-0.3, -0.25) is 9.10 Å². The Bertz CT molecular complexity index is 1270. The summed E-state index contributed by atoms with van der Waals surface area (Å²) in [6.45, 7) is 3.16. The largest absolute Gasteiger partial charge is 0.497 e. The van der Waals surface area contributed by atoms with Crippen molar-refractivity contribution in [3.05, 3.63) is 77.9 Å². The minimum Gasteiger partial charge on any atom is -0.497 e. The summed E-state index contributed by atoms with van der Waals surface area (Å²) in [5, 5.41) is 2.92. The number of ether oxygens (including phenoxy) is 2. The van der Waals surface area contributed by atoms with Crippen molar-refractivity contribution >= 4 is 27.3 Å². The van der Waals surface area contributed by atoms with Gasteiger partial charge >= 0.3 is 0 Å². The fourth-order valence-electron chi connectivity index (χ4n) is 4.01. The summed E-state index contributed by atoms with van der Waals surface area (Å²) >= 11 is 0. The van der Waals surface area contributed by atoms with E-state index in [0.717, 1.165) is 30.6 Å². The van der Waals surface area contributed by atoms with Crippen LogP contribution in [0.1, 0.15) is 42.1 Å². The van der Waals surface area contributed by atoms with Crippen LogP contribution in [-0.2, 0) is 16.4 Å². The van der Waals surface area contributed by atoms with Gasteiger partial charge in [-0.15, -0.1) is 0 Å². The number of anilines is 2. The van der Waals surface area contributed by atoms with Gasteiger partial charge in [0.05, 0.1) is 24.3 Å². The summed E-state index contributed by atoms with van der Waals surface area (Å²) in [4.78, 5) is 13.0. The summed E-state index contributed by atoms with van der Waals surface area (Å²) in [5.41, 5.74) is 2.67. The normalized spacial score (nSPS) is 13.1. The Hall–Kier alpha value is -3.52. The Morgan fingerprint density at radius 2 is 1.71 bits per heavy atom. The van der Waals surface area contributed by atoms with E-state index in [4.69, 9.17) is 9.47 Å². The summed E-state index contributed by atoms with van der Waals surface area (Å²) in [5.74, 6) is 1.10. The number of hydrogen-bond acceptors (Lipinski definition) is 5. The molecule has 0 fully saturated rings. The number of rotatable bonds is 9. The molecule has 0 bridgehead atoms. The lowest BCUT2D eigenvalue weighted by atomic mass is 10.0. The number of carbonyl (C=O) groups is 1. The summed E-state index contributed by atoms with van der Waals surface area (Å²) < 4.78 is 38.9. The van der Waals surface area contributed by atoms with Gasteiger partial charge in [-0.05, 0) is 91.6 Å². The van der Waals surface area contributed by atoms with Crippen LogP contribution in [0.3, 0.4) is 0 Å². The number of aryl methyl sites for hydroxylation is 1. The van der Waals surface area contributed by atoms with Crippen LogP contribution in [0.25, 0.3) is 0 Å². The second kappa shape index (κ2) is 10.8. The highest BCUT2D eigenvalue weighted by Crippen LogP contribution is 2.34. The SMILES string of the molecule is CCCCOc1ccc(C(=O)Nc2ccc3c(c2)CCCN3S(=O)(=O)c2ccc(OC)cc2)cc1. The van der Waals surface area contributed by atoms with Crippen molar-refractivity contribution in [2.45, 2.75) is 37.5 Å². The molecule has 0 atom stereocenters. The molecular weight excluding hydrogens is 464 g/mol. The first-order chi connectivity index (χ1) is 16.9. The molecule has 35 heavy (non-hydrogen) atoms. The third kappa shape index (κ3) is 5.59. The molecule has 1 amide bonds. The third-order valence-electron chi connectivity index (χ3n) is 5.94. The molecule has 0 radical (unpaired) electrons. The van der Waals surface area contributed by atoms with Crippen LogP contribution in [0.2, 0.25) is 0 Å². The van der Waals surface area contributed by atoms with Crippen LogP contribution in [-0.4, -0.2) is 34.6 Å². The van der Waals surface area contributed by atoms with E-state index in [1.54, 1.807) is 67.8 Å². The Kier molecular flexibility index (Phi) is 7.60. The van der Waals surface area contributed by atoms with Gasteiger partial charge < -0.3 is 14.8 Å². The van der Waals surface area contributed by atoms with Gasteiger partial charge in [0.15, 0.2) is 0 Å². The van der Waals surface area contributed by atoms with E-state index in [0.29, 0.717) is 42.3 Å². The number of nitrogens with zero attached hydrogens (tertiary/aromatic N) is 1. The van der Waals surface area contributed by atoms with Gasteiger partial charge in [0.25, 0.3) is 15.9 Å². The Morgan fingerprint density at radius 3 is 2.40 bits per heavy atom. The molecule has 0 spiro atoms. The molecule has 1 N–H and O–H groups in total. The van der Waals surface area contributed by atoms with Crippen LogP contribution in [0.15, 0.2) is 71.6 Å². The zero-order valence-electron chi connectivity index (χ0n) is 20.0. The third-order valence-corrected chi connectivity index (χ3v) is 7.77. The Morgan fingerprint density at radius 1 is 1.00 bits per heavy atom. The van der Waals surface area contributed by atoms with Gasteiger partial charge in [-0.1, -0.05) is 13.3 Å². The molecule has 0 unspecified atom stereocenters. The van der Waals surface area contributed by atoms with Crippen molar-refractivity contribution in [2.75, 3.05) is 29.9 Å². The second-order valence-corrected chi connectivity index (χ2v) is 10.2. The molecule has 4 rings (SSSR count). The molecule has 1 heterocycles. The predicted molar refractivity (Wildman–Crippen MR) is 137 cm³/mol. The number of fused-ring (bicyclic) bond motifs is 1. The highest BCUT2D eigenvalue weighted by Gasteiger charge is 2.29. The van der Waals surface area contributed by atoms with Crippen LogP contribution < -0.4 is 19.1 Å². The van der Waals surface area contributed by atoms with E-state index < -0.39 is 10.0 Å². The average Bonchev–Trinajstić information content (AvgIpc) is 2.88. The molecule has 0 aromatic heterocycles. The van der Waals surface area contributed by atoms with Crippen molar-refractivity contribution < 1.29 is 22.7 Å². The van der Waals surface area contributed by atoms with E-state index in [-0.39, 0.29) is 10.8 Å². The zero-order chi connectivity index (χ0) is 24.8. The number of hydrogen-bond donors (Lipinski definition) is 1. The molecule has 8 heteroatoms. The lowest BCUT2D eigenvalue weighted by molar-refractivity contribution is 0.102. The number of sulfonamides is 1. The molecule has 184 valence electrons. The van der Waals surface area contributed by atoms with E-state index in [1.165, 1.54) is 4.31 Å².